The highest BCUT2D eigenvalue weighted by Crippen LogP contribution is 2.36. The topological polar surface area (TPSA) is 126 Å². The lowest BCUT2D eigenvalue weighted by molar-refractivity contribution is -0.331. The zero-order valence-electron chi connectivity index (χ0n) is 10.9. The molecule has 1 aliphatic rings. The molecular weight excluding hydrogens is 260 g/mol. The summed E-state index contributed by atoms with van der Waals surface area (Å²) in [4.78, 5) is 11.3. The summed E-state index contributed by atoms with van der Waals surface area (Å²) in [5, 5.41) is 36.8. The Labute approximate surface area is 110 Å². The highest BCUT2D eigenvalue weighted by Gasteiger charge is 2.53. The molecule has 1 heterocycles. The van der Waals surface area contributed by atoms with E-state index in [-0.39, 0.29) is 12.3 Å². The summed E-state index contributed by atoms with van der Waals surface area (Å²) >= 11 is 0. The van der Waals surface area contributed by atoms with Gasteiger partial charge < -0.3 is 34.6 Å². The second-order valence-electron chi connectivity index (χ2n) is 4.55. The molecule has 0 aromatic carbocycles. The van der Waals surface area contributed by atoms with Crippen molar-refractivity contribution in [2.75, 3.05) is 20.5 Å². The van der Waals surface area contributed by atoms with Gasteiger partial charge in [0.1, 0.15) is 19.0 Å². The van der Waals surface area contributed by atoms with Crippen molar-refractivity contribution in [1.82, 2.24) is 0 Å². The van der Waals surface area contributed by atoms with Crippen LogP contribution in [0.2, 0.25) is 0 Å². The summed E-state index contributed by atoms with van der Waals surface area (Å²) in [7, 11) is 1.41. The van der Waals surface area contributed by atoms with Crippen LogP contribution in [0.25, 0.3) is 0 Å². The Morgan fingerprint density at radius 1 is 1.53 bits per heavy atom. The van der Waals surface area contributed by atoms with Crippen molar-refractivity contribution in [2.45, 2.75) is 37.4 Å². The fourth-order valence-corrected chi connectivity index (χ4v) is 2.36. The van der Waals surface area contributed by atoms with E-state index < -0.39 is 43.5 Å². The van der Waals surface area contributed by atoms with Crippen molar-refractivity contribution in [1.29, 1.82) is 0 Å². The first-order chi connectivity index (χ1) is 8.91. The summed E-state index contributed by atoms with van der Waals surface area (Å²) < 4.78 is 15.3. The van der Waals surface area contributed by atoms with E-state index in [9.17, 15) is 15.0 Å². The molecule has 0 aromatic heterocycles. The van der Waals surface area contributed by atoms with E-state index in [0.29, 0.717) is 0 Å². The van der Waals surface area contributed by atoms with Crippen LogP contribution in [0.5, 0.6) is 0 Å². The van der Waals surface area contributed by atoms with E-state index in [1.807, 2.05) is 0 Å². The number of aliphatic hydroxyl groups excluding tert-OH is 3. The van der Waals surface area contributed by atoms with Gasteiger partial charge in [0.25, 0.3) is 5.79 Å². The molecule has 1 saturated heterocycles. The number of ether oxygens (including phenoxy) is 3. The first kappa shape index (κ1) is 16.3. The standard InChI is InChI=1S/C11H20O8/c1-6-3-11(10(15)16,18-5-13)19-9(7(14)4-12)8(6)17-2/h6-9,12-14H,3-5H2,1-2H3,(H,15,16)/t6-,7+,8-,9?,11-/m1/s1. The van der Waals surface area contributed by atoms with E-state index in [4.69, 9.17) is 24.4 Å². The molecule has 5 atom stereocenters. The summed E-state index contributed by atoms with van der Waals surface area (Å²) in [6.45, 7) is 0.275. The Morgan fingerprint density at radius 2 is 2.16 bits per heavy atom. The maximum atomic E-state index is 11.3. The number of hydrogen-bond acceptors (Lipinski definition) is 7. The first-order valence-electron chi connectivity index (χ1n) is 5.89. The largest absolute Gasteiger partial charge is 0.477 e. The molecule has 1 rings (SSSR count). The van der Waals surface area contributed by atoms with Gasteiger partial charge in [0.15, 0.2) is 0 Å². The minimum absolute atomic E-state index is 0.0456. The Morgan fingerprint density at radius 3 is 2.58 bits per heavy atom. The van der Waals surface area contributed by atoms with Crippen LogP contribution < -0.4 is 0 Å². The molecule has 112 valence electrons. The molecule has 8 nitrogen and oxygen atoms in total. The van der Waals surface area contributed by atoms with Crippen LogP contribution in [0, 0.1) is 5.92 Å². The van der Waals surface area contributed by atoms with Gasteiger partial charge in [-0.2, -0.15) is 0 Å². The molecule has 1 fully saturated rings. The molecule has 4 N–H and O–H groups in total. The number of carboxylic acids is 1. The second-order valence-corrected chi connectivity index (χ2v) is 4.55. The van der Waals surface area contributed by atoms with Crippen LogP contribution in [0.1, 0.15) is 13.3 Å². The maximum absolute atomic E-state index is 11.3. The monoisotopic (exact) mass is 280 g/mol. The van der Waals surface area contributed by atoms with Gasteiger partial charge in [-0.15, -0.1) is 0 Å². The van der Waals surface area contributed by atoms with E-state index in [0.717, 1.165) is 0 Å². The van der Waals surface area contributed by atoms with E-state index in [1.165, 1.54) is 7.11 Å². The Hall–Kier alpha value is -0.770. The molecule has 0 amide bonds. The molecule has 1 unspecified atom stereocenters. The molecule has 0 aliphatic carbocycles. The van der Waals surface area contributed by atoms with Gasteiger partial charge in [0, 0.05) is 13.5 Å². The number of hydrogen-bond donors (Lipinski definition) is 4. The predicted molar refractivity (Wildman–Crippen MR) is 61.1 cm³/mol. The quantitative estimate of drug-likeness (QED) is 0.434. The minimum atomic E-state index is -2.05. The van der Waals surface area contributed by atoms with Gasteiger partial charge in [-0.3, -0.25) is 0 Å². The molecule has 0 bridgehead atoms. The normalized spacial score (nSPS) is 37.0. The molecule has 0 saturated carbocycles. The molecule has 1 aliphatic heterocycles. The zero-order valence-corrected chi connectivity index (χ0v) is 10.9. The van der Waals surface area contributed by atoms with Crippen molar-refractivity contribution in [2.24, 2.45) is 5.92 Å². The lowest BCUT2D eigenvalue weighted by atomic mass is 9.86. The summed E-state index contributed by atoms with van der Waals surface area (Å²) in [6, 6.07) is 0. The van der Waals surface area contributed by atoms with Crippen molar-refractivity contribution in [3.8, 4) is 0 Å². The number of aliphatic hydroxyl groups is 3. The molecule has 8 heteroatoms. The van der Waals surface area contributed by atoms with Gasteiger partial charge in [-0.05, 0) is 5.92 Å². The lowest BCUT2D eigenvalue weighted by Gasteiger charge is -2.45. The molecule has 0 radical (unpaired) electrons. The average molecular weight is 280 g/mol. The zero-order chi connectivity index (χ0) is 14.6. The maximum Gasteiger partial charge on any atom is 0.364 e. The van der Waals surface area contributed by atoms with Gasteiger partial charge >= 0.3 is 5.97 Å². The van der Waals surface area contributed by atoms with E-state index >= 15 is 0 Å². The van der Waals surface area contributed by atoms with Crippen molar-refractivity contribution >= 4 is 5.97 Å². The molecular formula is C11H20O8. The van der Waals surface area contributed by atoms with Crippen molar-refractivity contribution in [3.63, 3.8) is 0 Å². The third kappa shape index (κ3) is 3.22. The summed E-state index contributed by atoms with van der Waals surface area (Å²) in [5.74, 6) is -3.77. The number of carboxylic acid groups (broad SMARTS) is 1. The number of aliphatic carboxylic acids is 1. The van der Waals surface area contributed by atoms with Crippen LogP contribution in [-0.2, 0) is 19.0 Å². The van der Waals surface area contributed by atoms with Gasteiger partial charge in [-0.1, -0.05) is 6.92 Å². The number of carbonyl (C=O) groups is 1. The fourth-order valence-electron chi connectivity index (χ4n) is 2.36. The van der Waals surface area contributed by atoms with Crippen LogP contribution in [0.15, 0.2) is 0 Å². The average Bonchev–Trinajstić information content (AvgIpc) is 2.37. The molecule has 0 spiro atoms. The smallest absolute Gasteiger partial charge is 0.364 e. The van der Waals surface area contributed by atoms with Gasteiger partial charge in [-0.25, -0.2) is 4.79 Å². The highest BCUT2D eigenvalue weighted by molar-refractivity contribution is 5.75. The van der Waals surface area contributed by atoms with Crippen LogP contribution >= 0.6 is 0 Å². The van der Waals surface area contributed by atoms with E-state index in [1.54, 1.807) is 6.92 Å². The first-order valence-corrected chi connectivity index (χ1v) is 5.89. The van der Waals surface area contributed by atoms with Crippen LogP contribution in [0.3, 0.4) is 0 Å². The Bertz CT molecular complexity index is 309. The molecule has 19 heavy (non-hydrogen) atoms. The Balaban J connectivity index is 3.03. The fraction of sp³-hybridized carbons (Fsp3) is 0.909. The van der Waals surface area contributed by atoms with E-state index in [2.05, 4.69) is 0 Å². The van der Waals surface area contributed by atoms with Crippen molar-refractivity contribution < 1.29 is 39.4 Å². The van der Waals surface area contributed by atoms with Crippen LogP contribution in [0.4, 0.5) is 0 Å². The predicted octanol–water partition coefficient (Wildman–Crippen LogP) is -1.47. The SMILES string of the molecule is CO[C@H]1C([C@@H](O)CO)O[C@@](OCO)(C(=O)O)C[C@H]1C. The molecule has 0 aromatic rings. The second kappa shape index (κ2) is 6.60. The third-order valence-corrected chi connectivity index (χ3v) is 3.26. The summed E-state index contributed by atoms with van der Waals surface area (Å²) in [5.41, 5.74) is 0. The lowest BCUT2D eigenvalue weighted by Crippen LogP contribution is -2.61. The Kier molecular flexibility index (Phi) is 5.65. The van der Waals surface area contributed by atoms with Crippen LogP contribution in [-0.4, -0.2) is 71.0 Å². The number of methoxy groups -OCH3 is 1. The summed E-state index contributed by atoms with van der Waals surface area (Å²) in [6.07, 6.45) is -3.01. The van der Waals surface area contributed by atoms with Gasteiger partial charge in [0.05, 0.1) is 12.7 Å². The minimum Gasteiger partial charge on any atom is -0.477 e. The third-order valence-electron chi connectivity index (χ3n) is 3.26. The van der Waals surface area contributed by atoms with Crippen molar-refractivity contribution in [3.05, 3.63) is 0 Å². The number of rotatable bonds is 6. The highest BCUT2D eigenvalue weighted by atomic mass is 16.8. The van der Waals surface area contributed by atoms with Gasteiger partial charge in [0.2, 0.25) is 0 Å².